The molecule has 1 saturated carbocycles. The zero-order valence-electron chi connectivity index (χ0n) is 10.2. The molecule has 3 heteroatoms. The molecular weight excluding hydrogens is 220 g/mol. The molecule has 0 amide bonds. The summed E-state index contributed by atoms with van der Waals surface area (Å²) in [6, 6.07) is 4.34. The molecule has 1 aliphatic carbocycles. The van der Waals surface area contributed by atoms with Crippen molar-refractivity contribution in [2.45, 2.75) is 45.2 Å². The molecule has 1 aromatic rings. The second-order valence-corrected chi connectivity index (χ2v) is 4.91. The van der Waals surface area contributed by atoms with Crippen molar-refractivity contribution in [3.8, 4) is 0 Å². The molecular formula is C14H19F2N. The Morgan fingerprint density at radius 2 is 1.82 bits per heavy atom. The van der Waals surface area contributed by atoms with Crippen LogP contribution in [-0.4, -0.2) is 6.04 Å². The second kappa shape index (κ2) is 5.58. The second-order valence-electron chi connectivity index (χ2n) is 4.91. The monoisotopic (exact) mass is 239 g/mol. The van der Waals surface area contributed by atoms with E-state index < -0.39 is 11.6 Å². The summed E-state index contributed by atoms with van der Waals surface area (Å²) >= 11 is 0. The Bertz CT molecular complexity index is 352. The van der Waals surface area contributed by atoms with Crippen LogP contribution in [0.25, 0.3) is 0 Å². The van der Waals surface area contributed by atoms with Crippen molar-refractivity contribution in [2.24, 2.45) is 5.92 Å². The highest BCUT2D eigenvalue weighted by molar-refractivity contribution is 5.19. The first-order chi connectivity index (χ1) is 8.18. The third-order valence-corrected chi connectivity index (χ3v) is 3.77. The van der Waals surface area contributed by atoms with Crippen LogP contribution in [0.3, 0.4) is 0 Å². The Morgan fingerprint density at radius 1 is 1.24 bits per heavy atom. The lowest BCUT2D eigenvalue weighted by molar-refractivity contribution is 0.374. The third kappa shape index (κ3) is 3.03. The minimum absolute atomic E-state index is 0.150. The van der Waals surface area contributed by atoms with Crippen molar-refractivity contribution in [2.75, 3.05) is 0 Å². The zero-order valence-corrected chi connectivity index (χ0v) is 10.2. The molecule has 0 unspecified atom stereocenters. The van der Waals surface area contributed by atoms with Gasteiger partial charge in [0, 0.05) is 18.2 Å². The van der Waals surface area contributed by atoms with Crippen LogP contribution in [0.1, 0.15) is 38.2 Å². The molecule has 0 aliphatic heterocycles. The van der Waals surface area contributed by atoms with Gasteiger partial charge < -0.3 is 5.32 Å². The quantitative estimate of drug-likeness (QED) is 0.846. The summed E-state index contributed by atoms with van der Waals surface area (Å²) in [6.45, 7) is 2.38. The normalized spacial score (nSPS) is 18.5. The summed E-state index contributed by atoms with van der Waals surface area (Å²) < 4.78 is 26.8. The van der Waals surface area contributed by atoms with E-state index in [2.05, 4.69) is 12.2 Å². The molecule has 0 spiro atoms. The molecule has 94 valence electrons. The highest BCUT2D eigenvalue weighted by atomic mass is 19.1. The van der Waals surface area contributed by atoms with Crippen LogP contribution in [0, 0.1) is 17.6 Å². The van der Waals surface area contributed by atoms with Crippen molar-refractivity contribution >= 4 is 0 Å². The number of benzene rings is 1. The van der Waals surface area contributed by atoms with Crippen LogP contribution in [0.2, 0.25) is 0 Å². The maximum Gasteiger partial charge on any atom is 0.130 e. The Morgan fingerprint density at radius 3 is 2.41 bits per heavy atom. The van der Waals surface area contributed by atoms with Gasteiger partial charge in [0.25, 0.3) is 0 Å². The number of hydrogen-bond donors (Lipinski definition) is 1. The Hall–Kier alpha value is -0.960. The van der Waals surface area contributed by atoms with Gasteiger partial charge in [-0.25, -0.2) is 8.78 Å². The zero-order chi connectivity index (χ0) is 12.3. The van der Waals surface area contributed by atoms with E-state index in [1.807, 2.05) is 0 Å². The average Bonchev–Trinajstić information content (AvgIpc) is 2.81. The van der Waals surface area contributed by atoms with Crippen LogP contribution < -0.4 is 5.32 Å². The van der Waals surface area contributed by atoms with E-state index in [0.29, 0.717) is 12.0 Å². The highest BCUT2D eigenvalue weighted by Gasteiger charge is 2.21. The van der Waals surface area contributed by atoms with Crippen molar-refractivity contribution in [3.05, 3.63) is 35.4 Å². The van der Waals surface area contributed by atoms with Gasteiger partial charge in [0.05, 0.1) is 0 Å². The van der Waals surface area contributed by atoms with Crippen LogP contribution in [0.15, 0.2) is 18.2 Å². The predicted molar refractivity (Wildman–Crippen MR) is 64.6 cm³/mol. The molecule has 0 bridgehead atoms. The summed E-state index contributed by atoms with van der Waals surface area (Å²) in [5, 5.41) is 3.24. The standard InChI is InChI=1S/C14H19F2N/c1-10(11-5-2-3-6-11)17-9-12-13(15)7-4-8-14(12)16/h4,7-8,10-11,17H,2-3,5-6,9H2,1H3/t10-/m1/s1. The first kappa shape index (κ1) is 12.5. The lowest BCUT2D eigenvalue weighted by atomic mass is 9.99. The van der Waals surface area contributed by atoms with Gasteiger partial charge in [-0.05, 0) is 37.8 Å². The van der Waals surface area contributed by atoms with Gasteiger partial charge in [-0.15, -0.1) is 0 Å². The van der Waals surface area contributed by atoms with Gasteiger partial charge in [0.2, 0.25) is 0 Å². The van der Waals surface area contributed by atoms with Crippen molar-refractivity contribution in [1.29, 1.82) is 0 Å². The molecule has 1 aliphatic rings. The minimum atomic E-state index is -0.462. The van der Waals surface area contributed by atoms with E-state index in [9.17, 15) is 8.78 Å². The maximum absolute atomic E-state index is 13.4. The summed E-state index contributed by atoms with van der Waals surface area (Å²) in [5.74, 6) is -0.267. The molecule has 2 rings (SSSR count). The van der Waals surface area contributed by atoms with Gasteiger partial charge in [-0.3, -0.25) is 0 Å². The van der Waals surface area contributed by atoms with Crippen molar-refractivity contribution in [1.82, 2.24) is 5.32 Å². The fraction of sp³-hybridized carbons (Fsp3) is 0.571. The molecule has 17 heavy (non-hydrogen) atoms. The van der Waals surface area contributed by atoms with E-state index >= 15 is 0 Å². The Labute approximate surface area is 101 Å². The molecule has 1 fully saturated rings. The SMILES string of the molecule is C[C@@H](NCc1c(F)cccc1F)C1CCCC1. The summed E-state index contributed by atoms with van der Waals surface area (Å²) in [4.78, 5) is 0. The third-order valence-electron chi connectivity index (χ3n) is 3.77. The number of nitrogens with one attached hydrogen (secondary N) is 1. The summed E-state index contributed by atoms with van der Waals surface area (Å²) in [5.41, 5.74) is 0.150. The molecule has 1 atom stereocenters. The first-order valence-corrected chi connectivity index (χ1v) is 6.34. The van der Waals surface area contributed by atoms with E-state index in [-0.39, 0.29) is 12.1 Å². The Balaban J connectivity index is 1.92. The van der Waals surface area contributed by atoms with Crippen LogP contribution in [0.5, 0.6) is 0 Å². The summed E-state index contributed by atoms with van der Waals surface area (Å²) in [6.07, 6.45) is 5.03. The molecule has 0 saturated heterocycles. The van der Waals surface area contributed by atoms with Gasteiger partial charge in [0.15, 0.2) is 0 Å². The van der Waals surface area contributed by atoms with Crippen LogP contribution in [-0.2, 0) is 6.54 Å². The molecule has 0 heterocycles. The van der Waals surface area contributed by atoms with Gasteiger partial charge >= 0.3 is 0 Å². The number of rotatable bonds is 4. The lowest BCUT2D eigenvalue weighted by Gasteiger charge is -2.20. The van der Waals surface area contributed by atoms with Gasteiger partial charge in [0.1, 0.15) is 11.6 Å². The Kier molecular flexibility index (Phi) is 4.11. The largest absolute Gasteiger partial charge is 0.310 e. The number of hydrogen-bond acceptors (Lipinski definition) is 1. The average molecular weight is 239 g/mol. The molecule has 0 radical (unpaired) electrons. The van der Waals surface area contributed by atoms with Gasteiger partial charge in [-0.1, -0.05) is 18.9 Å². The topological polar surface area (TPSA) is 12.0 Å². The van der Waals surface area contributed by atoms with Crippen molar-refractivity contribution < 1.29 is 8.78 Å². The minimum Gasteiger partial charge on any atom is -0.310 e. The predicted octanol–water partition coefficient (Wildman–Crippen LogP) is 3.63. The smallest absolute Gasteiger partial charge is 0.130 e. The molecule has 1 aromatic carbocycles. The highest BCUT2D eigenvalue weighted by Crippen LogP contribution is 2.27. The lowest BCUT2D eigenvalue weighted by Crippen LogP contribution is -2.32. The first-order valence-electron chi connectivity index (χ1n) is 6.34. The van der Waals surface area contributed by atoms with E-state index in [1.54, 1.807) is 0 Å². The van der Waals surface area contributed by atoms with Crippen molar-refractivity contribution in [3.63, 3.8) is 0 Å². The van der Waals surface area contributed by atoms with Crippen LogP contribution in [0.4, 0.5) is 8.78 Å². The van der Waals surface area contributed by atoms with Crippen LogP contribution >= 0.6 is 0 Å². The fourth-order valence-electron chi connectivity index (χ4n) is 2.59. The maximum atomic E-state index is 13.4. The number of halogens is 2. The van der Waals surface area contributed by atoms with E-state index in [0.717, 1.165) is 0 Å². The van der Waals surface area contributed by atoms with Gasteiger partial charge in [-0.2, -0.15) is 0 Å². The molecule has 0 aromatic heterocycles. The summed E-state index contributed by atoms with van der Waals surface area (Å²) in [7, 11) is 0. The fourth-order valence-corrected chi connectivity index (χ4v) is 2.59. The van der Waals surface area contributed by atoms with E-state index in [4.69, 9.17) is 0 Å². The molecule has 1 N–H and O–H groups in total. The van der Waals surface area contributed by atoms with E-state index in [1.165, 1.54) is 43.9 Å². The molecule has 1 nitrogen and oxygen atoms in total.